The van der Waals surface area contributed by atoms with E-state index in [0.29, 0.717) is 48.4 Å². The van der Waals surface area contributed by atoms with E-state index in [0.717, 1.165) is 39.9 Å². The van der Waals surface area contributed by atoms with Crippen molar-refractivity contribution in [1.82, 2.24) is 21.0 Å². The van der Waals surface area contributed by atoms with Crippen molar-refractivity contribution in [3.05, 3.63) is 89.0 Å². The van der Waals surface area contributed by atoms with Gasteiger partial charge in [-0.1, -0.05) is 69.3 Å². The molecule has 1 heterocycles. The maximum atomic E-state index is 14.5. The van der Waals surface area contributed by atoms with Gasteiger partial charge in [0.1, 0.15) is 6.04 Å². The smallest absolute Gasteiger partial charge is 0.251 e. The van der Waals surface area contributed by atoms with Gasteiger partial charge < -0.3 is 26.0 Å². The summed E-state index contributed by atoms with van der Waals surface area (Å²) in [5.74, 6) is 0.938. The summed E-state index contributed by atoms with van der Waals surface area (Å²) < 4.78 is 0. The highest BCUT2D eigenvalue weighted by Crippen LogP contribution is 2.61. The number of carbonyl (C=O) groups excluding carboxylic acids is 2. The van der Waals surface area contributed by atoms with Crippen LogP contribution in [-0.4, -0.2) is 74.0 Å². The summed E-state index contributed by atoms with van der Waals surface area (Å²) in [4.78, 5) is 35.9. The van der Waals surface area contributed by atoms with E-state index < -0.39 is 24.2 Å². The van der Waals surface area contributed by atoms with E-state index in [9.17, 15) is 14.7 Å². The van der Waals surface area contributed by atoms with Crippen LogP contribution >= 0.6 is 0 Å². The van der Waals surface area contributed by atoms with Gasteiger partial charge in [-0.15, -0.1) is 0 Å². The second-order valence-electron chi connectivity index (χ2n) is 16.0. The van der Waals surface area contributed by atoms with Crippen LogP contribution in [0.3, 0.4) is 0 Å². The third-order valence-corrected chi connectivity index (χ3v) is 12.4. The van der Waals surface area contributed by atoms with Gasteiger partial charge >= 0.3 is 0 Å². The summed E-state index contributed by atoms with van der Waals surface area (Å²) in [6.07, 6.45) is 1.05. The van der Waals surface area contributed by atoms with Crippen LogP contribution in [0.1, 0.15) is 67.6 Å². The topological polar surface area (TPSA) is 106 Å². The molecule has 3 aromatic carbocycles. The number of carbonyl (C=O) groups is 2. The van der Waals surface area contributed by atoms with Crippen LogP contribution in [0, 0.1) is 36.0 Å². The lowest BCUT2D eigenvalue weighted by Crippen LogP contribution is -2.62. The fourth-order valence-electron chi connectivity index (χ4n) is 9.09. The molecule has 274 valence electrons. The molecule has 0 spiro atoms. The monoisotopic (exact) mass is 695 g/mol. The Morgan fingerprint density at radius 1 is 1.06 bits per heavy atom. The minimum Gasteiger partial charge on any atom is -0.393 e. The van der Waals surface area contributed by atoms with Crippen molar-refractivity contribution < 1.29 is 19.5 Å². The van der Waals surface area contributed by atoms with Crippen LogP contribution in [-0.2, 0) is 22.7 Å². The molecule has 9 nitrogen and oxygen atoms in total. The number of aliphatic hydroxyl groups excluding tert-OH is 1. The van der Waals surface area contributed by atoms with Crippen molar-refractivity contribution in [1.29, 1.82) is 0 Å². The minimum absolute atomic E-state index is 0.0786. The molecular weight excluding hydrogens is 638 g/mol. The molecular formula is C42H57N5O4. The Hall–Kier alpha value is -3.76. The second kappa shape index (κ2) is 15.1. The van der Waals surface area contributed by atoms with Crippen molar-refractivity contribution in [3.63, 3.8) is 0 Å². The van der Waals surface area contributed by atoms with Gasteiger partial charge in [0, 0.05) is 57.4 Å². The van der Waals surface area contributed by atoms with Crippen LogP contribution in [0.5, 0.6) is 0 Å². The summed E-state index contributed by atoms with van der Waals surface area (Å²) in [5, 5.41) is 22.8. The molecule has 4 N–H and O–H groups in total. The molecule has 8 atom stereocenters. The number of fused-ring (bicyclic) bond motifs is 2. The summed E-state index contributed by atoms with van der Waals surface area (Å²) in [5.41, 5.74) is 7.00. The molecule has 9 heteroatoms. The molecule has 2 amide bonds. The minimum atomic E-state index is -0.769. The summed E-state index contributed by atoms with van der Waals surface area (Å²) in [6.45, 7) is 12.4. The summed E-state index contributed by atoms with van der Waals surface area (Å²) in [6, 6.07) is 21.7. The molecule has 4 fully saturated rings. The number of hydrogen-bond donors (Lipinski definition) is 4. The Bertz CT molecular complexity index is 1710. The van der Waals surface area contributed by atoms with Crippen molar-refractivity contribution in [2.24, 2.45) is 29.1 Å². The van der Waals surface area contributed by atoms with Crippen LogP contribution in [0.15, 0.2) is 66.7 Å². The predicted molar refractivity (Wildman–Crippen MR) is 203 cm³/mol. The number of hydrogen-bond acceptors (Lipinski definition) is 7. The molecule has 1 aliphatic heterocycles. The van der Waals surface area contributed by atoms with Crippen molar-refractivity contribution in [3.8, 4) is 11.1 Å². The molecule has 51 heavy (non-hydrogen) atoms. The molecule has 2 bridgehead atoms. The van der Waals surface area contributed by atoms with Crippen LogP contribution in [0.25, 0.3) is 11.1 Å². The first-order valence-electron chi connectivity index (χ1n) is 18.6. The number of nitrogens with zero attached hydrogens (tertiary/aromatic N) is 2. The number of hydroxylamine groups is 2. The lowest BCUT2D eigenvalue weighted by molar-refractivity contribution is -0.176. The third kappa shape index (κ3) is 7.45. The zero-order valence-electron chi connectivity index (χ0n) is 31.6. The van der Waals surface area contributed by atoms with Crippen molar-refractivity contribution >= 4 is 17.5 Å². The number of anilines is 1. The van der Waals surface area contributed by atoms with Gasteiger partial charge in [-0.05, 0) is 95.9 Å². The van der Waals surface area contributed by atoms with Crippen LogP contribution < -0.4 is 20.9 Å². The standard InChI is InChI=1S/C42H57N5O4/c1-25-29(15-12-16-34(25)30-17-31(40(49)43-6)19-33(18-30)46(7)8)24-47-39(41(50)45-36-21-32-20-35(26(36)2)42(32,4)5)38(27(3)48)37(51-47)23-44-22-28-13-10-9-11-14-28/h9-19,26-27,32,35-39,44,48H,20-24H2,1-8H3,(H,43,49)(H,45,50)/t26-,27-,32+,35-,36-,37-,38+,39-/m0/s1. The van der Waals surface area contributed by atoms with Crippen LogP contribution in [0.4, 0.5) is 5.69 Å². The third-order valence-electron chi connectivity index (χ3n) is 12.4. The van der Waals surface area contributed by atoms with Gasteiger partial charge in [-0.25, -0.2) is 0 Å². The average molecular weight is 696 g/mol. The molecule has 0 radical (unpaired) electrons. The quantitative estimate of drug-likeness (QED) is 0.197. The molecule has 3 saturated carbocycles. The van der Waals surface area contributed by atoms with E-state index in [2.05, 4.69) is 74.0 Å². The molecule has 0 aromatic heterocycles. The number of rotatable bonds is 12. The summed E-state index contributed by atoms with van der Waals surface area (Å²) >= 11 is 0. The van der Waals surface area contributed by atoms with Gasteiger partial charge in [0.15, 0.2) is 0 Å². The second-order valence-corrected chi connectivity index (χ2v) is 16.0. The Morgan fingerprint density at radius 2 is 1.80 bits per heavy atom. The summed E-state index contributed by atoms with van der Waals surface area (Å²) in [7, 11) is 5.57. The largest absolute Gasteiger partial charge is 0.393 e. The van der Waals surface area contributed by atoms with E-state index in [1.54, 1.807) is 14.0 Å². The number of benzene rings is 3. The Balaban J connectivity index is 1.29. The van der Waals surface area contributed by atoms with E-state index in [1.165, 1.54) is 6.42 Å². The lowest BCUT2D eigenvalue weighted by atomic mass is 9.45. The van der Waals surface area contributed by atoms with E-state index in [1.807, 2.05) is 60.5 Å². The first-order chi connectivity index (χ1) is 24.3. The van der Waals surface area contributed by atoms with Gasteiger partial charge in [-0.3, -0.25) is 14.4 Å². The maximum Gasteiger partial charge on any atom is 0.251 e. The molecule has 0 unspecified atom stereocenters. The molecule has 3 aromatic rings. The average Bonchev–Trinajstić information content (AvgIpc) is 3.47. The Labute approximate surface area is 304 Å². The Kier molecular flexibility index (Phi) is 10.9. The number of aliphatic hydroxyl groups is 1. The molecule has 1 saturated heterocycles. The molecule has 4 aliphatic rings. The van der Waals surface area contributed by atoms with Gasteiger partial charge in [-0.2, -0.15) is 5.06 Å². The highest BCUT2D eigenvalue weighted by Gasteiger charge is 2.57. The fourth-order valence-corrected chi connectivity index (χ4v) is 9.09. The first-order valence-corrected chi connectivity index (χ1v) is 18.6. The SMILES string of the molecule is CNC(=O)c1cc(-c2cccc(CN3O[C@@H](CNCc4ccccc4)[C@@H]([C@H](C)O)[C@H]3C(=O)N[C@H]3C[C@H]4C[C@@H]([C@@H]3C)C4(C)C)c2C)cc(N(C)C)c1. The van der Waals surface area contributed by atoms with Crippen LogP contribution in [0.2, 0.25) is 0 Å². The normalized spacial score (nSPS) is 27.4. The number of nitrogens with one attached hydrogen (secondary N) is 3. The lowest BCUT2D eigenvalue weighted by Gasteiger charge is -2.62. The fraction of sp³-hybridized carbons (Fsp3) is 0.524. The van der Waals surface area contributed by atoms with Gasteiger partial charge in [0.05, 0.1) is 18.8 Å². The van der Waals surface area contributed by atoms with Gasteiger partial charge in [0.25, 0.3) is 5.91 Å². The number of amides is 2. The predicted octanol–water partition coefficient (Wildman–Crippen LogP) is 5.55. The Morgan fingerprint density at radius 3 is 2.45 bits per heavy atom. The molecule has 7 rings (SSSR count). The van der Waals surface area contributed by atoms with E-state index in [-0.39, 0.29) is 17.9 Å². The van der Waals surface area contributed by atoms with Gasteiger partial charge in [0.2, 0.25) is 5.91 Å². The highest BCUT2D eigenvalue weighted by molar-refractivity contribution is 5.96. The zero-order chi connectivity index (χ0) is 36.6. The van der Waals surface area contributed by atoms with Crippen molar-refractivity contribution in [2.75, 3.05) is 32.6 Å². The van der Waals surface area contributed by atoms with E-state index in [4.69, 9.17) is 4.84 Å². The molecule has 3 aliphatic carbocycles. The highest BCUT2D eigenvalue weighted by atomic mass is 16.7. The maximum absolute atomic E-state index is 14.5. The van der Waals surface area contributed by atoms with E-state index >= 15 is 0 Å². The van der Waals surface area contributed by atoms with Crippen molar-refractivity contribution in [2.45, 2.75) is 84.8 Å². The first kappa shape index (κ1) is 37.0. The zero-order valence-corrected chi connectivity index (χ0v) is 31.6.